The van der Waals surface area contributed by atoms with Gasteiger partial charge in [0, 0.05) is 30.9 Å². The summed E-state index contributed by atoms with van der Waals surface area (Å²) in [4.78, 5) is 26.8. The van der Waals surface area contributed by atoms with Crippen LogP contribution >= 0.6 is 0 Å². The van der Waals surface area contributed by atoms with Crippen LogP contribution in [0.4, 0.5) is 20.6 Å². The molecule has 0 heterocycles. The Morgan fingerprint density at radius 1 is 0.806 bits per heavy atom. The van der Waals surface area contributed by atoms with Crippen molar-refractivity contribution in [3.63, 3.8) is 0 Å². The number of benzene rings is 2. The van der Waals surface area contributed by atoms with Crippen molar-refractivity contribution in [2.24, 2.45) is 0 Å². The van der Waals surface area contributed by atoms with E-state index in [9.17, 15) is 14.0 Å². The number of rotatable bonds is 17. The lowest BCUT2D eigenvalue weighted by molar-refractivity contribution is -0.121. The van der Waals surface area contributed by atoms with E-state index in [1.165, 1.54) is 74.8 Å². The van der Waals surface area contributed by atoms with Crippen molar-refractivity contribution in [1.29, 1.82) is 0 Å². The number of aryl methyl sites for hydroxylation is 1. The van der Waals surface area contributed by atoms with Crippen molar-refractivity contribution in [2.75, 3.05) is 23.3 Å². The van der Waals surface area contributed by atoms with Crippen LogP contribution in [0.25, 0.3) is 0 Å². The lowest BCUT2D eigenvalue weighted by Crippen LogP contribution is -2.41. The fourth-order valence-electron chi connectivity index (χ4n) is 4.21. The third kappa shape index (κ3) is 11.7. The molecular weight excluding hydrogens is 453 g/mol. The maximum absolute atomic E-state index is 13.4. The molecule has 0 bridgehead atoms. The molecule has 2 aromatic rings. The molecular formula is C30H44FN3O2. The number of urea groups is 1. The van der Waals surface area contributed by atoms with E-state index >= 15 is 0 Å². The van der Waals surface area contributed by atoms with Gasteiger partial charge in [0.25, 0.3) is 0 Å². The SMILES string of the molecule is CCCCCCCCCCCCCC(=O)NCCN(C(=O)Nc1ccccc1C)c1ccc(F)cc1. The standard InChI is InChI=1S/C30H44FN3O2/c1-3-4-5-6-7-8-9-10-11-12-13-18-29(35)32-23-24-34(27-21-19-26(31)20-22-27)30(36)33-28-17-15-14-16-25(28)2/h14-17,19-22H,3-13,18,23-24H2,1-2H3,(H,32,35)(H,33,36). The minimum Gasteiger partial charge on any atom is -0.354 e. The summed E-state index contributed by atoms with van der Waals surface area (Å²) in [5, 5.41) is 5.84. The molecule has 2 aromatic carbocycles. The molecule has 0 atom stereocenters. The second kappa shape index (κ2) is 17.5. The largest absolute Gasteiger partial charge is 0.354 e. The van der Waals surface area contributed by atoms with E-state index in [1.54, 1.807) is 12.1 Å². The zero-order chi connectivity index (χ0) is 26.0. The predicted octanol–water partition coefficient (Wildman–Crippen LogP) is 7.99. The highest BCUT2D eigenvalue weighted by molar-refractivity contribution is 6.02. The summed E-state index contributed by atoms with van der Waals surface area (Å²) < 4.78 is 13.4. The molecule has 3 amide bonds. The number of nitrogens with zero attached hydrogens (tertiary/aromatic N) is 1. The van der Waals surface area contributed by atoms with Gasteiger partial charge in [0.1, 0.15) is 5.82 Å². The topological polar surface area (TPSA) is 61.4 Å². The summed E-state index contributed by atoms with van der Waals surface area (Å²) in [6.07, 6.45) is 14.2. The Bertz CT molecular complexity index is 901. The lowest BCUT2D eigenvalue weighted by atomic mass is 10.1. The summed E-state index contributed by atoms with van der Waals surface area (Å²) in [7, 11) is 0. The first-order valence-electron chi connectivity index (χ1n) is 13.7. The Balaban J connectivity index is 1.69. The van der Waals surface area contributed by atoms with Crippen molar-refractivity contribution in [3.05, 3.63) is 59.9 Å². The first-order valence-corrected chi connectivity index (χ1v) is 13.7. The van der Waals surface area contributed by atoms with Crippen LogP contribution in [-0.2, 0) is 4.79 Å². The van der Waals surface area contributed by atoms with Crippen LogP contribution in [-0.4, -0.2) is 25.0 Å². The zero-order valence-corrected chi connectivity index (χ0v) is 22.2. The van der Waals surface area contributed by atoms with Crippen molar-refractivity contribution < 1.29 is 14.0 Å². The molecule has 5 nitrogen and oxygen atoms in total. The second-order valence-corrected chi connectivity index (χ2v) is 9.51. The van der Waals surface area contributed by atoms with Crippen molar-refractivity contribution >= 4 is 23.3 Å². The smallest absolute Gasteiger partial charge is 0.326 e. The number of halogens is 1. The van der Waals surface area contributed by atoms with E-state index in [0.29, 0.717) is 18.7 Å². The fourth-order valence-corrected chi connectivity index (χ4v) is 4.21. The van der Waals surface area contributed by atoms with Crippen LogP contribution in [0.2, 0.25) is 0 Å². The summed E-state index contributed by atoms with van der Waals surface area (Å²) in [5.41, 5.74) is 2.24. The maximum Gasteiger partial charge on any atom is 0.326 e. The Morgan fingerprint density at radius 3 is 2.00 bits per heavy atom. The van der Waals surface area contributed by atoms with Crippen LogP contribution in [0.3, 0.4) is 0 Å². The number of carbonyl (C=O) groups excluding carboxylic acids is 2. The maximum atomic E-state index is 13.4. The minimum absolute atomic E-state index is 0.00397. The molecule has 0 unspecified atom stereocenters. The molecule has 0 aliphatic heterocycles. The molecule has 0 aromatic heterocycles. The van der Waals surface area contributed by atoms with E-state index in [1.807, 2.05) is 31.2 Å². The number of nitrogens with one attached hydrogen (secondary N) is 2. The van der Waals surface area contributed by atoms with Gasteiger partial charge < -0.3 is 10.6 Å². The van der Waals surface area contributed by atoms with Gasteiger partial charge in [-0.2, -0.15) is 0 Å². The second-order valence-electron chi connectivity index (χ2n) is 9.51. The van der Waals surface area contributed by atoms with Gasteiger partial charge >= 0.3 is 6.03 Å². The van der Waals surface area contributed by atoms with Gasteiger partial charge in [0.05, 0.1) is 0 Å². The van der Waals surface area contributed by atoms with Crippen molar-refractivity contribution in [1.82, 2.24) is 5.32 Å². The molecule has 198 valence electrons. The van der Waals surface area contributed by atoms with E-state index in [4.69, 9.17) is 0 Å². The van der Waals surface area contributed by atoms with Gasteiger partial charge in [0.15, 0.2) is 0 Å². The monoisotopic (exact) mass is 497 g/mol. The number of hydrogen-bond acceptors (Lipinski definition) is 2. The average Bonchev–Trinajstić information content (AvgIpc) is 2.87. The van der Waals surface area contributed by atoms with Gasteiger partial charge in [-0.05, 0) is 49.2 Å². The molecule has 0 aliphatic carbocycles. The van der Waals surface area contributed by atoms with E-state index in [0.717, 1.165) is 24.1 Å². The Morgan fingerprint density at radius 2 is 1.39 bits per heavy atom. The molecule has 2 N–H and O–H groups in total. The zero-order valence-electron chi connectivity index (χ0n) is 22.2. The number of para-hydroxylation sites is 1. The summed E-state index contributed by atoms with van der Waals surface area (Å²) >= 11 is 0. The van der Waals surface area contributed by atoms with Gasteiger partial charge in [-0.3, -0.25) is 9.69 Å². The first-order chi connectivity index (χ1) is 17.5. The van der Waals surface area contributed by atoms with Crippen LogP contribution in [0.5, 0.6) is 0 Å². The quantitative estimate of drug-likeness (QED) is 0.218. The Kier molecular flexibility index (Phi) is 14.3. The molecule has 0 saturated heterocycles. The highest BCUT2D eigenvalue weighted by Crippen LogP contribution is 2.19. The Hall–Kier alpha value is -2.89. The van der Waals surface area contributed by atoms with Crippen molar-refractivity contribution in [2.45, 2.75) is 90.9 Å². The van der Waals surface area contributed by atoms with E-state index < -0.39 is 0 Å². The molecule has 0 radical (unpaired) electrons. The molecule has 0 spiro atoms. The highest BCUT2D eigenvalue weighted by Gasteiger charge is 2.17. The third-order valence-corrected chi connectivity index (χ3v) is 6.44. The number of carbonyl (C=O) groups is 2. The molecule has 0 saturated carbocycles. The summed E-state index contributed by atoms with van der Waals surface area (Å²) in [6, 6.07) is 13.0. The number of hydrogen-bond donors (Lipinski definition) is 2. The number of anilines is 2. The van der Waals surface area contributed by atoms with E-state index in [-0.39, 0.29) is 24.3 Å². The molecule has 36 heavy (non-hydrogen) atoms. The summed E-state index contributed by atoms with van der Waals surface area (Å²) in [6.45, 7) is 4.78. The van der Waals surface area contributed by atoms with Gasteiger partial charge in [-0.25, -0.2) is 9.18 Å². The fraction of sp³-hybridized carbons (Fsp3) is 0.533. The van der Waals surface area contributed by atoms with Crippen LogP contribution in [0, 0.1) is 12.7 Å². The first kappa shape index (κ1) is 29.3. The lowest BCUT2D eigenvalue weighted by Gasteiger charge is -2.24. The normalized spacial score (nSPS) is 10.8. The average molecular weight is 498 g/mol. The molecule has 2 rings (SSSR count). The summed E-state index contributed by atoms with van der Waals surface area (Å²) in [5.74, 6) is -0.359. The van der Waals surface area contributed by atoms with Crippen molar-refractivity contribution in [3.8, 4) is 0 Å². The molecule has 0 fully saturated rings. The van der Waals surface area contributed by atoms with Crippen LogP contribution in [0.1, 0.15) is 89.5 Å². The molecule has 0 aliphatic rings. The van der Waals surface area contributed by atoms with Gasteiger partial charge in [0.2, 0.25) is 5.91 Å². The number of amides is 3. The number of unbranched alkanes of at least 4 members (excludes halogenated alkanes) is 10. The van der Waals surface area contributed by atoms with Gasteiger partial charge in [-0.1, -0.05) is 89.3 Å². The third-order valence-electron chi connectivity index (χ3n) is 6.44. The minimum atomic E-state index is -0.363. The molecule has 6 heteroatoms. The van der Waals surface area contributed by atoms with Crippen LogP contribution < -0.4 is 15.5 Å². The van der Waals surface area contributed by atoms with E-state index in [2.05, 4.69) is 17.6 Å². The Labute approximate surface area is 216 Å². The van der Waals surface area contributed by atoms with Crippen LogP contribution in [0.15, 0.2) is 48.5 Å². The predicted molar refractivity (Wildman–Crippen MR) is 148 cm³/mol. The van der Waals surface area contributed by atoms with Gasteiger partial charge in [-0.15, -0.1) is 0 Å². The highest BCUT2D eigenvalue weighted by atomic mass is 19.1.